The molecule has 13 heteroatoms. The predicted molar refractivity (Wildman–Crippen MR) is 137 cm³/mol. The van der Waals surface area contributed by atoms with Crippen LogP contribution in [0.4, 0.5) is 18.9 Å². The minimum atomic E-state index is -1.71. The summed E-state index contributed by atoms with van der Waals surface area (Å²) in [5.74, 6) is -10.9. The lowest BCUT2D eigenvalue weighted by atomic mass is 9.86. The summed E-state index contributed by atoms with van der Waals surface area (Å²) >= 11 is 0. The molecule has 0 saturated carbocycles. The summed E-state index contributed by atoms with van der Waals surface area (Å²) in [5.41, 5.74) is 0.376. The number of amides is 3. The van der Waals surface area contributed by atoms with Crippen LogP contribution in [0, 0.1) is 24.4 Å². The number of hydrogen-bond donors (Lipinski definition) is 4. The minimum absolute atomic E-state index is 0.298. The van der Waals surface area contributed by atoms with E-state index in [0.29, 0.717) is 11.8 Å². The van der Waals surface area contributed by atoms with Crippen LogP contribution in [-0.4, -0.2) is 53.3 Å². The van der Waals surface area contributed by atoms with Crippen molar-refractivity contribution >= 4 is 35.2 Å². The first kappa shape index (κ1) is 31.8. The molecule has 0 aliphatic rings. The Labute approximate surface area is 228 Å². The highest BCUT2D eigenvalue weighted by Gasteiger charge is 2.29. The maximum Gasteiger partial charge on any atom is 0.313 e. The number of ketones is 1. The Morgan fingerprint density at radius 1 is 0.975 bits per heavy atom. The smallest absolute Gasteiger partial charge is 0.313 e. The highest BCUT2D eigenvalue weighted by molar-refractivity contribution is 6.40. The van der Waals surface area contributed by atoms with Crippen LogP contribution < -0.4 is 20.7 Å². The van der Waals surface area contributed by atoms with Crippen LogP contribution in [0.15, 0.2) is 30.3 Å². The van der Waals surface area contributed by atoms with E-state index in [0.717, 1.165) is 12.5 Å². The number of para-hydroxylation sites is 1. The standard InChI is InChI=1S/C27H30F3N3O7/c1-13-16(28)10-17(29)22(30)23(13)40-12-20(34)19(11-21(35)36)33-24(37)14(2)31-25(38)26(39)32-18-9-7-6-8-15(18)27(3,4)5/h6-10,14,19H,11-12H2,1-5H3,(H,31,38)(H,32,39)(H,33,37)(H,35,36). The van der Waals surface area contributed by atoms with E-state index < -0.39 is 83.4 Å². The molecule has 4 N–H and O–H groups in total. The summed E-state index contributed by atoms with van der Waals surface area (Å²) in [7, 11) is 0. The number of rotatable bonds is 10. The topological polar surface area (TPSA) is 151 Å². The molecule has 0 aliphatic heterocycles. The summed E-state index contributed by atoms with van der Waals surface area (Å²) in [6.45, 7) is 6.98. The quantitative estimate of drug-likeness (QED) is 0.256. The number of anilines is 1. The van der Waals surface area contributed by atoms with Gasteiger partial charge in [0.05, 0.1) is 6.42 Å². The average Bonchev–Trinajstić information content (AvgIpc) is 2.86. The van der Waals surface area contributed by atoms with Gasteiger partial charge in [-0.3, -0.25) is 24.0 Å². The third-order valence-electron chi connectivity index (χ3n) is 5.73. The molecule has 0 aliphatic carbocycles. The first-order valence-corrected chi connectivity index (χ1v) is 12.1. The fourth-order valence-corrected chi connectivity index (χ4v) is 3.55. The van der Waals surface area contributed by atoms with E-state index in [2.05, 4.69) is 16.0 Å². The third kappa shape index (κ3) is 8.29. The monoisotopic (exact) mass is 565 g/mol. The second-order valence-electron chi connectivity index (χ2n) is 9.97. The van der Waals surface area contributed by atoms with E-state index in [1.165, 1.54) is 6.92 Å². The Morgan fingerprint density at radius 3 is 2.20 bits per heavy atom. The number of ether oxygens (including phenoxy) is 1. The highest BCUT2D eigenvalue weighted by atomic mass is 19.2. The lowest BCUT2D eigenvalue weighted by molar-refractivity contribution is -0.141. The molecule has 0 radical (unpaired) electrons. The molecule has 0 aromatic heterocycles. The molecule has 2 aromatic rings. The van der Waals surface area contributed by atoms with Gasteiger partial charge in [0.25, 0.3) is 0 Å². The van der Waals surface area contributed by atoms with Crippen molar-refractivity contribution in [3.63, 3.8) is 0 Å². The molecule has 2 aromatic carbocycles. The van der Waals surface area contributed by atoms with Crippen molar-refractivity contribution in [1.29, 1.82) is 0 Å². The molecular formula is C27H30F3N3O7. The van der Waals surface area contributed by atoms with Crippen molar-refractivity contribution in [2.24, 2.45) is 0 Å². The highest BCUT2D eigenvalue weighted by Crippen LogP contribution is 2.29. The van der Waals surface area contributed by atoms with E-state index in [-0.39, 0.29) is 5.41 Å². The van der Waals surface area contributed by atoms with Gasteiger partial charge in [0.15, 0.2) is 17.3 Å². The number of carboxylic acids is 1. The Hall–Kier alpha value is -4.42. The molecule has 40 heavy (non-hydrogen) atoms. The van der Waals surface area contributed by atoms with Gasteiger partial charge in [0, 0.05) is 17.3 Å². The molecule has 216 valence electrons. The number of carboxylic acid groups (broad SMARTS) is 1. The van der Waals surface area contributed by atoms with Crippen LogP contribution >= 0.6 is 0 Å². The van der Waals surface area contributed by atoms with Gasteiger partial charge in [0.1, 0.15) is 24.5 Å². The van der Waals surface area contributed by atoms with Crippen LogP contribution in [0.5, 0.6) is 5.75 Å². The molecule has 2 atom stereocenters. The Kier molecular flexibility index (Phi) is 10.4. The molecule has 0 bridgehead atoms. The number of nitrogens with one attached hydrogen (secondary N) is 3. The van der Waals surface area contributed by atoms with Gasteiger partial charge in [-0.15, -0.1) is 0 Å². The fourth-order valence-electron chi connectivity index (χ4n) is 3.55. The first-order chi connectivity index (χ1) is 18.5. The van der Waals surface area contributed by atoms with Crippen molar-refractivity contribution in [1.82, 2.24) is 10.6 Å². The lowest BCUT2D eigenvalue weighted by Gasteiger charge is -2.23. The number of aliphatic carboxylic acids is 1. The zero-order valence-corrected chi connectivity index (χ0v) is 22.5. The SMILES string of the molecule is Cc1c(F)cc(F)c(F)c1OCC(=O)C(CC(=O)O)NC(=O)C(C)NC(=O)C(=O)Nc1ccccc1C(C)(C)C. The maximum absolute atomic E-state index is 14.0. The third-order valence-corrected chi connectivity index (χ3v) is 5.73. The number of benzene rings is 2. The van der Waals surface area contributed by atoms with Crippen LogP contribution in [0.1, 0.15) is 45.2 Å². The number of carbonyl (C=O) groups is 5. The van der Waals surface area contributed by atoms with Crippen molar-refractivity contribution in [3.8, 4) is 5.75 Å². The summed E-state index contributed by atoms with van der Waals surface area (Å²) < 4.78 is 46.2. The van der Waals surface area contributed by atoms with E-state index in [1.54, 1.807) is 24.3 Å². The average molecular weight is 566 g/mol. The van der Waals surface area contributed by atoms with Crippen molar-refractivity contribution in [2.45, 2.75) is 58.5 Å². The van der Waals surface area contributed by atoms with Crippen molar-refractivity contribution < 1.29 is 47.0 Å². The Balaban J connectivity index is 2.06. The molecular weight excluding hydrogens is 535 g/mol. The first-order valence-electron chi connectivity index (χ1n) is 12.1. The predicted octanol–water partition coefficient (Wildman–Crippen LogP) is 2.76. The van der Waals surface area contributed by atoms with E-state index in [4.69, 9.17) is 9.84 Å². The van der Waals surface area contributed by atoms with Crippen LogP contribution in [0.2, 0.25) is 0 Å². The summed E-state index contributed by atoms with van der Waals surface area (Å²) in [6.07, 6.45) is -0.919. The lowest BCUT2D eigenvalue weighted by Crippen LogP contribution is -2.53. The zero-order chi connectivity index (χ0) is 30.4. The van der Waals surface area contributed by atoms with E-state index >= 15 is 0 Å². The molecule has 2 rings (SSSR count). The minimum Gasteiger partial charge on any atom is -0.482 e. The van der Waals surface area contributed by atoms with Crippen molar-refractivity contribution in [3.05, 3.63) is 58.9 Å². The normalized spacial score (nSPS) is 12.6. The van der Waals surface area contributed by atoms with Crippen LogP contribution in [0.3, 0.4) is 0 Å². The molecule has 10 nitrogen and oxygen atoms in total. The fraction of sp³-hybridized carbons (Fsp3) is 0.370. The summed E-state index contributed by atoms with van der Waals surface area (Å²) in [4.78, 5) is 61.3. The zero-order valence-electron chi connectivity index (χ0n) is 22.5. The van der Waals surface area contributed by atoms with Gasteiger partial charge < -0.3 is 25.8 Å². The largest absolute Gasteiger partial charge is 0.482 e. The molecule has 0 spiro atoms. The molecule has 3 amide bonds. The molecule has 2 unspecified atom stereocenters. The number of hydrogen-bond acceptors (Lipinski definition) is 6. The van der Waals surface area contributed by atoms with Gasteiger partial charge >= 0.3 is 17.8 Å². The van der Waals surface area contributed by atoms with E-state index in [9.17, 15) is 37.1 Å². The molecule has 0 fully saturated rings. The van der Waals surface area contributed by atoms with Crippen LogP contribution in [-0.2, 0) is 29.4 Å². The van der Waals surface area contributed by atoms with Gasteiger partial charge in [-0.05, 0) is 30.9 Å². The van der Waals surface area contributed by atoms with Gasteiger partial charge in [-0.1, -0.05) is 39.0 Å². The van der Waals surface area contributed by atoms with Gasteiger partial charge in [-0.2, -0.15) is 4.39 Å². The molecule has 0 saturated heterocycles. The number of Topliss-reactive ketones (excluding diaryl/α,β-unsaturated/α-hetero) is 1. The van der Waals surface area contributed by atoms with Gasteiger partial charge in [0.2, 0.25) is 11.7 Å². The van der Waals surface area contributed by atoms with Crippen molar-refractivity contribution in [2.75, 3.05) is 11.9 Å². The Morgan fingerprint density at radius 2 is 1.60 bits per heavy atom. The van der Waals surface area contributed by atoms with E-state index in [1.807, 2.05) is 20.8 Å². The Bertz CT molecular complexity index is 1300. The summed E-state index contributed by atoms with van der Waals surface area (Å²) in [6, 6.07) is 4.04. The summed E-state index contributed by atoms with van der Waals surface area (Å²) in [5, 5.41) is 15.9. The maximum atomic E-state index is 14.0. The second kappa shape index (κ2) is 13.1. The molecule has 0 heterocycles. The number of carbonyl (C=O) groups excluding carboxylic acids is 4. The van der Waals surface area contributed by atoms with Crippen LogP contribution in [0.25, 0.3) is 0 Å². The second-order valence-corrected chi connectivity index (χ2v) is 9.97. The van der Waals surface area contributed by atoms with Gasteiger partial charge in [-0.25, -0.2) is 8.78 Å². The number of halogens is 3.